The van der Waals surface area contributed by atoms with Crippen LogP contribution in [0.4, 0.5) is 0 Å². The highest BCUT2D eigenvalue weighted by Gasteiger charge is 2.02. The highest BCUT2D eigenvalue weighted by Crippen LogP contribution is 2.09. The number of nitrogens with one attached hydrogen (secondary N) is 2. The summed E-state index contributed by atoms with van der Waals surface area (Å²) in [6.07, 6.45) is 2.86. The zero-order valence-corrected chi connectivity index (χ0v) is 14.5. The average Bonchev–Trinajstić information content (AvgIpc) is 2.54. The van der Waals surface area contributed by atoms with Crippen molar-refractivity contribution in [3.8, 4) is 0 Å². The van der Waals surface area contributed by atoms with Gasteiger partial charge in [-0.25, -0.2) is 0 Å². The molecule has 0 saturated heterocycles. The van der Waals surface area contributed by atoms with Crippen LogP contribution in [-0.2, 0) is 13.0 Å². The lowest BCUT2D eigenvalue weighted by Crippen LogP contribution is -2.38. The van der Waals surface area contributed by atoms with Gasteiger partial charge in [-0.15, -0.1) is 0 Å². The third-order valence-corrected chi connectivity index (χ3v) is 3.85. The van der Waals surface area contributed by atoms with Crippen LogP contribution in [0.1, 0.15) is 27.9 Å². The number of hydrogen-bond donors (Lipinski definition) is 2. The van der Waals surface area contributed by atoms with Crippen LogP contribution in [0, 0.1) is 20.8 Å². The molecule has 0 saturated carbocycles. The summed E-state index contributed by atoms with van der Waals surface area (Å²) in [5.74, 6) is 0.824. The minimum Gasteiger partial charge on any atom is -0.356 e. The van der Waals surface area contributed by atoms with Crippen molar-refractivity contribution >= 4 is 5.96 Å². The summed E-state index contributed by atoms with van der Waals surface area (Å²) >= 11 is 0. The van der Waals surface area contributed by atoms with E-state index < -0.39 is 0 Å². The van der Waals surface area contributed by atoms with Crippen molar-refractivity contribution in [2.45, 2.75) is 33.7 Å². The molecule has 0 unspecified atom stereocenters. The largest absolute Gasteiger partial charge is 0.356 e. The van der Waals surface area contributed by atoms with Gasteiger partial charge in [0, 0.05) is 32.0 Å². The zero-order chi connectivity index (χ0) is 16.7. The van der Waals surface area contributed by atoms with E-state index in [2.05, 4.69) is 58.7 Å². The number of pyridine rings is 1. The van der Waals surface area contributed by atoms with Crippen LogP contribution in [0.2, 0.25) is 0 Å². The van der Waals surface area contributed by atoms with Crippen LogP contribution in [0.15, 0.2) is 41.5 Å². The van der Waals surface area contributed by atoms with Gasteiger partial charge >= 0.3 is 0 Å². The van der Waals surface area contributed by atoms with Crippen LogP contribution >= 0.6 is 0 Å². The number of aromatic nitrogens is 1. The van der Waals surface area contributed by atoms with Gasteiger partial charge in [-0.05, 0) is 49.9 Å². The van der Waals surface area contributed by atoms with E-state index in [4.69, 9.17) is 0 Å². The molecule has 0 atom stereocenters. The second kappa shape index (κ2) is 8.32. The standard InChI is InChI=1S/C19H26N4/c1-14-5-8-18(15(2)11-14)13-23-19(20-4)21-10-9-17-7-6-16(3)22-12-17/h5-8,11-12H,9-10,13H2,1-4H3,(H2,20,21,23). The maximum atomic E-state index is 4.32. The van der Waals surface area contributed by atoms with Gasteiger partial charge in [0.15, 0.2) is 5.96 Å². The topological polar surface area (TPSA) is 49.3 Å². The van der Waals surface area contributed by atoms with Crippen molar-refractivity contribution in [1.82, 2.24) is 15.6 Å². The Labute approximate surface area is 139 Å². The van der Waals surface area contributed by atoms with Gasteiger partial charge in [-0.2, -0.15) is 0 Å². The van der Waals surface area contributed by atoms with Crippen molar-refractivity contribution in [3.05, 3.63) is 64.5 Å². The lowest BCUT2D eigenvalue weighted by molar-refractivity contribution is 0.790. The second-order valence-corrected chi connectivity index (χ2v) is 5.84. The predicted molar refractivity (Wildman–Crippen MR) is 96.8 cm³/mol. The Morgan fingerprint density at radius 3 is 2.57 bits per heavy atom. The van der Waals surface area contributed by atoms with Gasteiger partial charge in [0.1, 0.15) is 0 Å². The van der Waals surface area contributed by atoms with Crippen molar-refractivity contribution in [1.29, 1.82) is 0 Å². The molecule has 0 bridgehead atoms. The molecule has 1 aromatic carbocycles. The Kier molecular flexibility index (Phi) is 6.15. The molecule has 2 rings (SSSR count). The molecule has 0 aliphatic rings. The average molecular weight is 310 g/mol. The van der Waals surface area contributed by atoms with Gasteiger partial charge in [0.05, 0.1) is 0 Å². The fourth-order valence-electron chi connectivity index (χ4n) is 2.42. The Hall–Kier alpha value is -2.36. The number of aliphatic imine (C=N–C) groups is 1. The minimum atomic E-state index is 0.776. The summed E-state index contributed by atoms with van der Waals surface area (Å²) < 4.78 is 0. The molecule has 0 amide bonds. The van der Waals surface area contributed by atoms with Crippen LogP contribution in [0.5, 0.6) is 0 Å². The molecular formula is C19H26N4. The maximum Gasteiger partial charge on any atom is 0.191 e. The number of hydrogen-bond acceptors (Lipinski definition) is 2. The molecule has 23 heavy (non-hydrogen) atoms. The third-order valence-electron chi connectivity index (χ3n) is 3.85. The predicted octanol–water partition coefficient (Wildman–Crippen LogP) is 2.91. The first-order chi connectivity index (χ1) is 11.1. The highest BCUT2D eigenvalue weighted by molar-refractivity contribution is 5.79. The van der Waals surface area contributed by atoms with E-state index in [0.29, 0.717) is 0 Å². The fraction of sp³-hybridized carbons (Fsp3) is 0.368. The summed E-state index contributed by atoms with van der Waals surface area (Å²) in [6, 6.07) is 10.7. The Balaban J connectivity index is 1.80. The molecule has 122 valence electrons. The highest BCUT2D eigenvalue weighted by atomic mass is 15.2. The van der Waals surface area contributed by atoms with Crippen LogP contribution in [0.3, 0.4) is 0 Å². The van der Waals surface area contributed by atoms with E-state index in [1.54, 1.807) is 7.05 Å². The Bertz CT molecular complexity index is 660. The zero-order valence-electron chi connectivity index (χ0n) is 14.5. The number of benzene rings is 1. The number of rotatable bonds is 5. The van der Waals surface area contributed by atoms with E-state index >= 15 is 0 Å². The summed E-state index contributed by atoms with van der Waals surface area (Å²) in [6.45, 7) is 7.87. The summed E-state index contributed by atoms with van der Waals surface area (Å²) in [5, 5.41) is 6.71. The van der Waals surface area contributed by atoms with Gasteiger partial charge < -0.3 is 10.6 Å². The van der Waals surface area contributed by atoms with Gasteiger partial charge in [-0.3, -0.25) is 9.98 Å². The SMILES string of the molecule is CN=C(NCCc1ccc(C)nc1)NCc1ccc(C)cc1C. The van der Waals surface area contributed by atoms with E-state index in [0.717, 1.165) is 31.2 Å². The first-order valence-electron chi connectivity index (χ1n) is 8.00. The number of guanidine groups is 1. The van der Waals surface area contributed by atoms with E-state index in [9.17, 15) is 0 Å². The Morgan fingerprint density at radius 2 is 1.91 bits per heavy atom. The first kappa shape index (κ1) is 17.0. The molecule has 0 aliphatic heterocycles. The summed E-state index contributed by atoms with van der Waals surface area (Å²) in [7, 11) is 1.80. The summed E-state index contributed by atoms with van der Waals surface area (Å²) in [5.41, 5.74) is 6.17. The molecule has 2 aromatic rings. The molecule has 0 fully saturated rings. The molecule has 0 spiro atoms. The molecule has 1 heterocycles. The van der Waals surface area contributed by atoms with Crippen molar-refractivity contribution < 1.29 is 0 Å². The molecule has 4 heteroatoms. The van der Waals surface area contributed by atoms with Crippen molar-refractivity contribution in [3.63, 3.8) is 0 Å². The molecule has 0 aliphatic carbocycles. The number of nitrogens with zero attached hydrogens (tertiary/aromatic N) is 2. The molecule has 1 aromatic heterocycles. The lowest BCUT2D eigenvalue weighted by atomic mass is 10.1. The lowest BCUT2D eigenvalue weighted by Gasteiger charge is -2.13. The quantitative estimate of drug-likeness (QED) is 0.659. The van der Waals surface area contributed by atoms with Gasteiger partial charge in [0.25, 0.3) is 0 Å². The maximum absolute atomic E-state index is 4.32. The molecule has 4 nitrogen and oxygen atoms in total. The number of aryl methyl sites for hydroxylation is 3. The van der Waals surface area contributed by atoms with E-state index in [1.165, 1.54) is 22.3 Å². The van der Waals surface area contributed by atoms with Gasteiger partial charge in [0.2, 0.25) is 0 Å². The van der Waals surface area contributed by atoms with Crippen molar-refractivity contribution in [2.75, 3.05) is 13.6 Å². The van der Waals surface area contributed by atoms with E-state index in [1.807, 2.05) is 19.2 Å². The van der Waals surface area contributed by atoms with Crippen molar-refractivity contribution in [2.24, 2.45) is 4.99 Å². The molecule has 0 radical (unpaired) electrons. The third kappa shape index (κ3) is 5.40. The first-order valence-corrected chi connectivity index (χ1v) is 8.00. The second-order valence-electron chi connectivity index (χ2n) is 5.84. The molecule has 2 N–H and O–H groups in total. The molecular weight excluding hydrogens is 284 g/mol. The fourth-order valence-corrected chi connectivity index (χ4v) is 2.42. The normalized spacial score (nSPS) is 11.4. The van der Waals surface area contributed by atoms with E-state index in [-0.39, 0.29) is 0 Å². The van der Waals surface area contributed by atoms with Crippen LogP contribution in [0.25, 0.3) is 0 Å². The van der Waals surface area contributed by atoms with Gasteiger partial charge in [-0.1, -0.05) is 29.8 Å². The Morgan fingerprint density at radius 1 is 1.09 bits per heavy atom. The van der Waals surface area contributed by atoms with Crippen LogP contribution < -0.4 is 10.6 Å². The monoisotopic (exact) mass is 310 g/mol. The van der Waals surface area contributed by atoms with Crippen LogP contribution in [-0.4, -0.2) is 24.5 Å². The summed E-state index contributed by atoms with van der Waals surface area (Å²) in [4.78, 5) is 8.59. The minimum absolute atomic E-state index is 0.776. The smallest absolute Gasteiger partial charge is 0.191 e.